The summed E-state index contributed by atoms with van der Waals surface area (Å²) in [5, 5.41) is 7.87. The van der Waals surface area contributed by atoms with Gasteiger partial charge < -0.3 is 5.32 Å². The van der Waals surface area contributed by atoms with Gasteiger partial charge in [0.2, 0.25) is 0 Å². The van der Waals surface area contributed by atoms with Crippen LogP contribution in [0.15, 0.2) is 36.5 Å². The number of rotatable bonds is 6. The van der Waals surface area contributed by atoms with Crippen LogP contribution in [-0.2, 0) is 13.5 Å². The summed E-state index contributed by atoms with van der Waals surface area (Å²) in [5.74, 6) is 0.705. The van der Waals surface area contributed by atoms with Gasteiger partial charge in [-0.3, -0.25) is 4.68 Å². The van der Waals surface area contributed by atoms with Gasteiger partial charge >= 0.3 is 0 Å². The molecule has 0 fully saturated rings. The van der Waals surface area contributed by atoms with Crippen molar-refractivity contribution in [3.63, 3.8) is 0 Å². The van der Waals surface area contributed by atoms with Gasteiger partial charge in [-0.2, -0.15) is 5.10 Å². The first-order valence-electron chi connectivity index (χ1n) is 7.80. The van der Waals surface area contributed by atoms with Crippen molar-refractivity contribution < 1.29 is 0 Å². The highest BCUT2D eigenvalue weighted by Gasteiger charge is 2.13. The lowest BCUT2D eigenvalue weighted by atomic mass is 9.99. The minimum Gasteiger partial charge on any atom is -0.302 e. The Hall–Kier alpha value is -1.61. The normalized spacial score (nSPS) is 14.4. The van der Waals surface area contributed by atoms with E-state index in [-0.39, 0.29) is 6.04 Å². The van der Waals surface area contributed by atoms with Crippen LogP contribution in [0.3, 0.4) is 0 Å². The first kappa shape index (κ1) is 15.8. The molecule has 3 nitrogen and oxygen atoms in total. The minimum atomic E-state index is 0.280. The molecule has 2 atom stereocenters. The Kier molecular flexibility index (Phi) is 5.18. The summed E-state index contributed by atoms with van der Waals surface area (Å²) in [5.41, 5.74) is 3.95. The van der Waals surface area contributed by atoms with Crippen molar-refractivity contribution in [2.45, 2.75) is 46.2 Å². The van der Waals surface area contributed by atoms with E-state index >= 15 is 0 Å². The van der Waals surface area contributed by atoms with E-state index in [0.29, 0.717) is 12.0 Å². The number of hydrogen-bond acceptors (Lipinski definition) is 2. The van der Waals surface area contributed by atoms with Crippen LogP contribution in [0.4, 0.5) is 0 Å². The molecular weight excluding hydrogens is 258 g/mol. The van der Waals surface area contributed by atoms with Crippen molar-refractivity contribution in [2.24, 2.45) is 13.0 Å². The average Bonchev–Trinajstić information content (AvgIpc) is 2.85. The van der Waals surface area contributed by atoms with E-state index in [9.17, 15) is 0 Å². The maximum Gasteiger partial charge on any atom is 0.0547 e. The first-order valence-corrected chi connectivity index (χ1v) is 7.80. The zero-order valence-electron chi connectivity index (χ0n) is 13.8. The Morgan fingerprint density at radius 1 is 1.00 bits per heavy atom. The fourth-order valence-electron chi connectivity index (χ4n) is 2.78. The fourth-order valence-corrected chi connectivity index (χ4v) is 2.78. The number of hydrogen-bond donors (Lipinski definition) is 1. The smallest absolute Gasteiger partial charge is 0.0547 e. The molecule has 2 unspecified atom stereocenters. The highest BCUT2D eigenvalue weighted by atomic mass is 15.3. The van der Waals surface area contributed by atoms with E-state index in [1.807, 2.05) is 17.9 Å². The summed E-state index contributed by atoms with van der Waals surface area (Å²) in [4.78, 5) is 0. The molecular formula is C18H27N3. The third-order valence-electron chi connectivity index (χ3n) is 3.93. The molecule has 114 valence electrons. The third-order valence-corrected chi connectivity index (χ3v) is 3.93. The highest BCUT2D eigenvalue weighted by Crippen LogP contribution is 2.20. The van der Waals surface area contributed by atoms with Crippen LogP contribution >= 0.6 is 0 Å². The minimum absolute atomic E-state index is 0.280. The number of aromatic nitrogens is 2. The first-order chi connectivity index (χ1) is 9.97. The van der Waals surface area contributed by atoms with Gasteiger partial charge in [-0.05, 0) is 43.4 Å². The van der Waals surface area contributed by atoms with E-state index in [1.165, 1.54) is 16.8 Å². The molecule has 0 spiro atoms. The predicted octanol–water partition coefficient (Wildman–Crippen LogP) is 4.03. The lowest BCUT2D eigenvalue weighted by Gasteiger charge is -2.21. The van der Waals surface area contributed by atoms with Crippen molar-refractivity contribution in [3.05, 3.63) is 53.3 Å². The Balaban J connectivity index is 2.00. The average molecular weight is 285 g/mol. The molecule has 2 rings (SSSR count). The van der Waals surface area contributed by atoms with E-state index in [2.05, 4.69) is 68.4 Å². The van der Waals surface area contributed by atoms with Gasteiger partial charge in [-0.25, -0.2) is 0 Å². The van der Waals surface area contributed by atoms with Crippen molar-refractivity contribution >= 4 is 0 Å². The maximum atomic E-state index is 4.23. The van der Waals surface area contributed by atoms with Gasteiger partial charge in [0.05, 0.1) is 5.69 Å². The second kappa shape index (κ2) is 6.90. The number of aryl methyl sites for hydroxylation is 1. The van der Waals surface area contributed by atoms with Crippen LogP contribution in [0.1, 0.15) is 56.6 Å². The SMILES string of the molecule is CC(C)Cc1ccc(C(C)NC(C)c2ccnn2C)cc1. The van der Waals surface area contributed by atoms with Crippen molar-refractivity contribution in [1.29, 1.82) is 0 Å². The molecule has 1 aromatic carbocycles. The molecule has 0 radical (unpaired) electrons. The summed E-state index contributed by atoms with van der Waals surface area (Å²) in [7, 11) is 1.99. The van der Waals surface area contributed by atoms with Crippen molar-refractivity contribution in [1.82, 2.24) is 15.1 Å². The molecule has 1 N–H and O–H groups in total. The topological polar surface area (TPSA) is 29.9 Å². The van der Waals surface area contributed by atoms with E-state index in [4.69, 9.17) is 0 Å². The van der Waals surface area contributed by atoms with Crippen LogP contribution in [0.2, 0.25) is 0 Å². The number of benzene rings is 1. The zero-order chi connectivity index (χ0) is 15.4. The second-order valence-corrected chi connectivity index (χ2v) is 6.33. The summed E-state index contributed by atoms with van der Waals surface area (Å²) in [6, 6.07) is 11.7. The van der Waals surface area contributed by atoms with Crippen molar-refractivity contribution in [3.8, 4) is 0 Å². The molecule has 0 bridgehead atoms. The van der Waals surface area contributed by atoms with E-state index in [1.54, 1.807) is 0 Å². The number of nitrogens with zero attached hydrogens (tertiary/aromatic N) is 2. The predicted molar refractivity (Wildman–Crippen MR) is 88.2 cm³/mol. The summed E-state index contributed by atoms with van der Waals surface area (Å²) in [6.45, 7) is 8.91. The van der Waals surface area contributed by atoms with Crippen LogP contribution < -0.4 is 5.32 Å². The largest absolute Gasteiger partial charge is 0.302 e. The maximum absolute atomic E-state index is 4.23. The highest BCUT2D eigenvalue weighted by molar-refractivity contribution is 5.25. The summed E-state index contributed by atoms with van der Waals surface area (Å²) < 4.78 is 1.93. The Labute approximate surface area is 128 Å². The molecule has 0 aliphatic heterocycles. The molecule has 0 saturated heterocycles. The molecule has 1 heterocycles. The van der Waals surface area contributed by atoms with Gasteiger partial charge in [0.15, 0.2) is 0 Å². The molecule has 3 heteroatoms. The fraction of sp³-hybridized carbons (Fsp3) is 0.500. The Morgan fingerprint density at radius 2 is 1.67 bits per heavy atom. The Morgan fingerprint density at radius 3 is 2.19 bits per heavy atom. The van der Waals surface area contributed by atoms with Gasteiger partial charge in [-0.1, -0.05) is 38.1 Å². The monoisotopic (exact) mass is 285 g/mol. The number of nitrogens with one attached hydrogen (secondary N) is 1. The molecule has 0 amide bonds. The van der Waals surface area contributed by atoms with E-state index < -0.39 is 0 Å². The zero-order valence-corrected chi connectivity index (χ0v) is 13.8. The lowest BCUT2D eigenvalue weighted by molar-refractivity contribution is 0.469. The van der Waals surface area contributed by atoms with Gasteiger partial charge in [0.25, 0.3) is 0 Å². The second-order valence-electron chi connectivity index (χ2n) is 6.33. The molecule has 0 aliphatic rings. The molecule has 0 aliphatic carbocycles. The summed E-state index contributed by atoms with van der Waals surface area (Å²) >= 11 is 0. The molecule has 0 saturated carbocycles. The van der Waals surface area contributed by atoms with Crippen LogP contribution in [0.25, 0.3) is 0 Å². The van der Waals surface area contributed by atoms with Gasteiger partial charge in [0.1, 0.15) is 0 Å². The van der Waals surface area contributed by atoms with Crippen LogP contribution in [0.5, 0.6) is 0 Å². The third kappa shape index (κ3) is 4.18. The molecule has 2 aromatic rings. The van der Waals surface area contributed by atoms with Crippen LogP contribution in [0, 0.1) is 5.92 Å². The summed E-state index contributed by atoms with van der Waals surface area (Å²) in [6.07, 6.45) is 2.99. The standard InChI is InChI=1S/C18H27N3/c1-13(2)12-16-6-8-17(9-7-16)14(3)20-15(4)18-10-11-19-21(18)5/h6-11,13-15,20H,12H2,1-5H3. The Bertz CT molecular complexity index is 554. The lowest BCUT2D eigenvalue weighted by Crippen LogP contribution is -2.24. The van der Waals surface area contributed by atoms with Gasteiger partial charge in [0, 0.05) is 25.3 Å². The molecule has 21 heavy (non-hydrogen) atoms. The van der Waals surface area contributed by atoms with E-state index in [0.717, 1.165) is 6.42 Å². The van der Waals surface area contributed by atoms with Crippen LogP contribution in [-0.4, -0.2) is 9.78 Å². The molecule has 1 aromatic heterocycles. The van der Waals surface area contributed by atoms with Gasteiger partial charge in [-0.15, -0.1) is 0 Å². The van der Waals surface area contributed by atoms with Crippen molar-refractivity contribution in [2.75, 3.05) is 0 Å². The quantitative estimate of drug-likeness (QED) is 0.868.